The number of nitrogens with zero attached hydrogens (tertiary/aromatic N) is 2. The first-order valence-electron chi connectivity index (χ1n) is 6.67. The summed E-state index contributed by atoms with van der Waals surface area (Å²) < 4.78 is 7.50. The van der Waals surface area contributed by atoms with E-state index in [1.54, 1.807) is 11.3 Å². The van der Waals surface area contributed by atoms with Crippen molar-refractivity contribution in [1.82, 2.24) is 9.55 Å². The zero-order chi connectivity index (χ0) is 13.5. The van der Waals surface area contributed by atoms with Crippen molar-refractivity contribution in [3.05, 3.63) is 34.3 Å². The zero-order valence-electron chi connectivity index (χ0n) is 11.6. The van der Waals surface area contributed by atoms with Crippen molar-refractivity contribution in [1.29, 1.82) is 0 Å². The largest absolute Gasteiger partial charge is 0.382 e. The maximum atomic E-state index is 5.33. The number of hydrogen-bond acceptors (Lipinski definition) is 4. The Balaban J connectivity index is 1.89. The molecule has 0 aliphatic carbocycles. The average Bonchev–Trinajstić information content (AvgIpc) is 3.00. The molecule has 0 aromatic carbocycles. The molecule has 0 unspecified atom stereocenters. The van der Waals surface area contributed by atoms with Crippen LogP contribution in [0, 0.1) is 6.92 Å². The number of anilines is 1. The van der Waals surface area contributed by atoms with Crippen LogP contribution in [0.4, 0.5) is 5.95 Å². The summed E-state index contributed by atoms with van der Waals surface area (Å²) in [7, 11) is 0. The first-order chi connectivity index (χ1) is 9.29. The molecule has 2 heterocycles. The number of aromatic nitrogens is 2. The molecular formula is C14H21N3OS. The molecule has 4 nitrogen and oxygen atoms in total. The highest BCUT2D eigenvalue weighted by Crippen LogP contribution is 2.15. The SMILES string of the molecule is CCOCCCNc1nc(C)cn1Cc1cccs1. The first-order valence-corrected chi connectivity index (χ1v) is 7.55. The standard InChI is InChI=1S/C14H21N3OS/c1-3-18-8-5-7-15-14-16-12(2)10-17(14)11-13-6-4-9-19-13/h4,6,9-10H,3,5,7-8,11H2,1-2H3,(H,15,16). The third kappa shape index (κ3) is 4.36. The maximum absolute atomic E-state index is 5.33. The second-order valence-corrected chi connectivity index (χ2v) is 5.42. The van der Waals surface area contributed by atoms with E-state index in [9.17, 15) is 0 Å². The Bertz CT molecular complexity index is 479. The van der Waals surface area contributed by atoms with Crippen molar-refractivity contribution in [2.24, 2.45) is 0 Å². The predicted molar refractivity (Wildman–Crippen MR) is 80.0 cm³/mol. The average molecular weight is 279 g/mol. The van der Waals surface area contributed by atoms with E-state index in [-0.39, 0.29) is 0 Å². The van der Waals surface area contributed by atoms with E-state index in [0.29, 0.717) is 0 Å². The second-order valence-electron chi connectivity index (χ2n) is 4.39. The molecular weight excluding hydrogens is 258 g/mol. The minimum Gasteiger partial charge on any atom is -0.382 e. The molecule has 1 N–H and O–H groups in total. The fourth-order valence-corrected chi connectivity index (χ4v) is 2.60. The van der Waals surface area contributed by atoms with Gasteiger partial charge in [0.05, 0.1) is 12.2 Å². The molecule has 0 atom stereocenters. The van der Waals surface area contributed by atoms with Crippen molar-refractivity contribution in [2.45, 2.75) is 26.8 Å². The van der Waals surface area contributed by atoms with E-state index in [1.165, 1.54) is 4.88 Å². The summed E-state index contributed by atoms with van der Waals surface area (Å²) >= 11 is 1.77. The molecule has 0 saturated carbocycles. The number of ether oxygens (including phenoxy) is 1. The van der Waals surface area contributed by atoms with Crippen molar-refractivity contribution in [3.63, 3.8) is 0 Å². The van der Waals surface area contributed by atoms with E-state index in [4.69, 9.17) is 4.74 Å². The summed E-state index contributed by atoms with van der Waals surface area (Å²) in [6.07, 6.45) is 3.09. The van der Waals surface area contributed by atoms with E-state index in [1.807, 2.05) is 13.8 Å². The van der Waals surface area contributed by atoms with Crippen LogP contribution in [-0.4, -0.2) is 29.3 Å². The minimum atomic E-state index is 0.784. The van der Waals surface area contributed by atoms with Gasteiger partial charge in [-0.3, -0.25) is 0 Å². The molecule has 0 fully saturated rings. The molecule has 0 radical (unpaired) electrons. The monoisotopic (exact) mass is 279 g/mol. The van der Waals surface area contributed by atoms with Crippen LogP contribution in [0.2, 0.25) is 0 Å². The van der Waals surface area contributed by atoms with Gasteiger partial charge in [-0.2, -0.15) is 0 Å². The molecule has 2 rings (SSSR count). The lowest BCUT2D eigenvalue weighted by Gasteiger charge is -2.08. The number of imidazole rings is 1. The third-order valence-corrected chi connectivity index (χ3v) is 3.62. The zero-order valence-corrected chi connectivity index (χ0v) is 12.4. The summed E-state index contributed by atoms with van der Waals surface area (Å²) in [5, 5.41) is 5.49. The van der Waals surface area contributed by atoms with Crippen LogP contribution in [0.15, 0.2) is 23.7 Å². The molecule has 5 heteroatoms. The molecule has 19 heavy (non-hydrogen) atoms. The normalized spacial score (nSPS) is 10.8. The van der Waals surface area contributed by atoms with Gasteiger partial charge in [0.25, 0.3) is 0 Å². The fraction of sp³-hybridized carbons (Fsp3) is 0.500. The number of aryl methyl sites for hydroxylation is 1. The Morgan fingerprint density at radius 2 is 2.37 bits per heavy atom. The molecule has 0 aliphatic rings. The molecule has 0 saturated heterocycles. The van der Waals surface area contributed by atoms with E-state index < -0.39 is 0 Å². The quantitative estimate of drug-likeness (QED) is 0.755. The number of thiophene rings is 1. The van der Waals surface area contributed by atoms with Gasteiger partial charge in [0, 0.05) is 30.8 Å². The Morgan fingerprint density at radius 3 is 3.11 bits per heavy atom. The summed E-state index contributed by atoms with van der Waals surface area (Å²) in [6, 6.07) is 4.23. The van der Waals surface area contributed by atoms with Crippen LogP contribution in [0.25, 0.3) is 0 Å². The second kappa shape index (κ2) is 7.31. The van der Waals surface area contributed by atoms with Gasteiger partial charge in [0.15, 0.2) is 0 Å². The van der Waals surface area contributed by atoms with Crippen LogP contribution >= 0.6 is 11.3 Å². The van der Waals surface area contributed by atoms with Gasteiger partial charge < -0.3 is 14.6 Å². The van der Waals surface area contributed by atoms with Gasteiger partial charge in [0.2, 0.25) is 5.95 Å². The number of rotatable bonds is 8. The lowest BCUT2D eigenvalue weighted by molar-refractivity contribution is 0.147. The van der Waals surface area contributed by atoms with Gasteiger partial charge in [-0.15, -0.1) is 11.3 Å². The number of nitrogens with one attached hydrogen (secondary N) is 1. The molecule has 104 valence electrons. The van der Waals surface area contributed by atoms with Crippen LogP contribution < -0.4 is 5.32 Å². The summed E-state index contributed by atoms with van der Waals surface area (Å²) in [5.41, 5.74) is 1.05. The topological polar surface area (TPSA) is 39.1 Å². The van der Waals surface area contributed by atoms with Gasteiger partial charge in [0.1, 0.15) is 0 Å². The van der Waals surface area contributed by atoms with Crippen molar-refractivity contribution >= 4 is 17.3 Å². The molecule has 2 aromatic heterocycles. The Hall–Kier alpha value is -1.33. The van der Waals surface area contributed by atoms with Crippen LogP contribution in [0.5, 0.6) is 0 Å². The van der Waals surface area contributed by atoms with Gasteiger partial charge in [-0.05, 0) is 31.7 Å². The lowest BCUT2D eigenvalue weighted by Crippen LogP contribution is -2.10. The van der Waals surface area contributed by atoms with Gasteiger partial charge >= 0.3 is 0 Å². The molecule has 0 aliphatic heterocycles. The van der Waals surface area contributed by atoms with Crippen LogP contribution in [0.1, 0.15) is 23.9 Å². The molecule has 0 spiro atoms. The summed E-state index contributed by atoms with van der Waals surface area (Å²) in [5.74, 6) is 0.947. The van der Waals surface area contributed by atoms with E-state index in [2.05, 4.69) is 38.6 Å². The highest BCUT2D eigenvalue weighted by Gasteiger charge is 2.06. The molecule has 2 aromatic rings. The molecule has 0 bridgehead atoms. The third-order valence-electron chi connectivity index (χ3n) is 2.76. The lowest BCUT2D eigenvalue weighted by atomic mass is 10.4. The predicted octanol–water partition coefficient (Wildman–Crippen LogP) is 3.14. The maximum Gasteiger partial charge on any atom is 0.203 e. The van der Waals surface area contributed by atoms with Crippen LogP contribution in [0.3, 0.4) is 0 Å². The van der Waals surface area contributed by atoms with Crippen LogP contribution in [-0.2, 0) is 11.3 Å². The fourth-order valence-electron chi connectivity index (χ4n) is 1.90. The van der Waals surface area contributed by atoms with E-state index >= 15 is 0 Å². The van der Waals surface area contributed by atoms with Crippen molar-refractivity contribution in [3.8, 4) is 0 Å². The van der Waals surface area contributed by atoms with E-state index in [0.717, 1.165) is 44.4 Å². The Kier molecular flexibility index (Phi) is 5.42. The Labute approximate surface area is 118 Å². The number of hydrogen-bond donors (Lipinski definition) is 1. The highest BCUT2D eigenvalue weighted by molar-refractivity contribution is 7.09. The minimum absolute atomic E-state index is 0.784. The van der Waals surface area contributed by atoms with Gasteiger partial charge in [-0.25, -0.2) is 4.98 Å². The molecule has 0 amide bonds. The first kappa shape index (κ1) is 14.1. The summed E-state index contributed by atoms with van der Waals surface area (Å²) in [6.45, 7) is 7.40. The van der Waals surface area contributed by atoms with Crippen molar-refractivity contribution < 1.29 is 4.74 Å². The summed E-state index contributed by atoms with van der Waals surface area (Å²) in [4.78, 5) is 5.87. The smallest absolute Gasteiger partial charge is 0.203 e. The van der Waals surface area contributed by atoms with Gasteiger partial charge in [-0.1, -0.05) is 6.07 Å². The van der Waals surface area contributed by atoms with Crippen molar-refractivity contribution in [2.75, 3.05) is 25.1 Å². The highest BCUT2D eigenvalue weighted by atomic mass is 32.1. The Morgan fingerprint density at radius 1 is 1.47 bits per heavy atom.